The molecule has 0 aromatic heterocycles. The van der Waals surface area contributed by atoms with Crippen LogP contribution >= 0.6 is 0 Å². The van der Waals surface area contributed by atoms with Crippen molar-refractivity contribution in [3.8, 4) is 11.5 Å². The molecule has 1 aromatic rings. The number of esters is 1. The Hall–Kier alpha value is -2.74. The van der Waals surface area contributed by atoms with Gasteiger partial charge in [0.25, 0.3) is 0 Å². The number of aliphatic hydroxyl groups is 1. The zero-order valence-corrected chi connectivity index (χ0v) is 13.7. The minimum Gasteiger partial charge on any atom is -0.493 e. The first-order valence-electron chi connectivity index (χ1n) is 7.30. The molecule has 0 saturated carbocycles. The van der Waals surface area contributed by atoms with E-state index in [4.69, 9.17) is 19.3 Å². The van der Waals surface area contributed by atoms with Crippen LogP contribution in [0.3, 0.4) is 0 Å². The van der Waals surface area contributed by atoms with Crippen molar-refractivity contribution in [1.29, 1.82) is 0 Å². The Labute approximate surface area is 139 Å². The van der Waals surface area contributed by atoms with Crippen molar-refractivity contribution < 1.29 is 28.9 Å². The lowest BCUT2D eigenvalue weighted by molar-refractivity contribution is -0.136. The molecular formula is C16H20N2O6. The molecule has 130 valence electrons. The zero-order valence-electron chi connectivity index (χ0n) is 13.7. The number of rotatable bonds is 6. The summed E-state index contributed by atoms with van der Waals surface area (Å²) in [6.07, 6.45) is 0. The van der Waals surface area contributed by atoms with Crippen molar-refractivity contribution >= 4 is 12.0 Å². The number of amides is 2. The van der Waals surface area contributed by atoms with Crippen LogP contribution in [0.5, 0.6) is 11.5 Å². The summed E-state index contributed by atoms with van der Waals surface area (Å²) in [5, 5.41) is 14.1. The fourth-order valence-electron chi connectivity index (χ4n) is 2.46. The molecule has 0 saturated heterocycles. The highest BCUT2D eigenvalue weighted by Crippen LogP contribution is 2.34. The summed E-state index contributed by atoms with van der Waals surface area (Å²) in [5.74, 6) is 0.344. The maximum Gasteiger partial charge on any atom is 0.337 e. The molecule has 0 spiro atoms. The first-order chi connectivity index (χ1) is 11.5. The van der Waals surface area contributed by atoms with Crippen LogP contribution in [0.1, 0.15) is 18.5 Å². The van der Waals surface area contributed by atoms with Crippen molar-refractivity contribution in [2.45, 2.75) is 13.0 Å². The monoisotopic (exact) mass is 336 g/mol. The van der Waals surface area contributed by atoms with Crippen LogP contribution in [0.15, 0.2) is 29.5 Å². The number of aliphatic hydroxyl groups excluding tert-OH is 1. The molecule has 8 nitrogen and oxygen atoms in total. The molecule has 3 N–H and O–H groups in total. The third kappa shape index (κ3) is 3.60. The van der Waals surface area contributed by atoms with Crippen molar-refractivity contribution in [2.24, 2.45) is 0 Å². The molecule has 0 bridgehead atoms. The fraction of sp³-hybridized carbons (Fsp3) is 0.375. The lowest BCUT2D eigenvalue weighted by Gasteiger charge is -2.28. The van der Waals surface area contributed by atoms with Gasteiger partial charge in [-0.25, -0.2) is 9.59 Å². The summed E-state index contributed by atoms with van der Waals surface area (Å²) in [4.78, 5) is 23.9. The molecular weight excluding hydrogens is 316 g/mol. The molecule has 1 heterocycles. The van der Waals surface area contributed by atoms with Gasteiger partial charge in [0.2, 0.25) is 0 Å². The molecule has 1 aliphatic rings. The van der Waals surface area contributed by atoms with Gasteiger partial charge in [-0.1, -0.05) is 6.07 Å². The van der Waals surface area contributed by atoms with Gasteiger partial charge in [0.15, 0.2) is 11.5 Å². The third-order valence-corrected chi connectivity index (χ3v) is 3.54. The van der Waals surface area contributed by atoms with Crippen LogP contribution in [-0.2, 0) is 9.53 Å². The van der Waals surface area contributed by atoms with E-state index in [1.165, 1.54) is 14.2 Å². The second-order valence-corrected chi connectivity index (χ2v) is 5.04. The SMILES string of the molecule is COC(=O)C1=C(C)NC(=O)N[C@H]1c1ccc(OCCO)c(OC)c1. The standard InChI is InChI=1S/C16H20N2O6/c1-9-13(15(20)23-3)14(18-16(21)17-9)10-4-5-11(24-7-6-19)12(8-10)22-2/h4-5,8,14,19H,6-7H2,1-3H3,(H2,17,18,21)/t14-/m0/s1. The normalized spacial score (nSPS) is 17.0. The van der Waals surface area contributed by atoms with Crippen molar-refractivity contribution in [3.05, 3.63) is 35.0 Å². The first-order valence-corrected chi connectivity index (χ1v) is 7.30. The van der Waals surface area contributed by atoms with Crippen molar-refractivity contribution in [3.63, 3.8) is 0 Å². The lowest BCUT2D eigenvalue weighted by atomic mass is 9.95. The summed E-state index contributed by atoms with van der Waals surface area (Å²) in [6, 6.07) is 3.94. The van der Waals surface area contributed by atoms with Crippen LogP contribution in [0.4, 0.5) is 4.79 Å². The summed E-state index contributed by atoms with van der Waals surface area (Å²) in [6.45, 7) is 1.64. The Balaban J connectivity index is 2.42. The quantitative estimate of drug-likeness (QED) is 0.666. The van der Waals surface area contributed by atoms with Crippen LogP contribution in [0, 0.1) is 0 Å². The highest BCUT2D eigenvalue weighted by atomic mass is 16.5. The van der Waals surface area contributed by atoms with Crippen molar-refractivity contribution in [2.75, 3.05) is 27.4 Å². The number of benzene rings is 1. The topological polar surface area (TPSA) is 106 Å². The number of ether oxygens (including phenoxy) is 3. The molecule has 2 rings (SSSR count). The van der Waals surface area contributed by atoms with E-state index < -0.39 is 18.0 Å². The number of carbonyl (C=O) groups is 2. The number of carbonyl (C=O) groups excluding carboxylic acids is 2. The summed E-state index contributed by atoms with van der Waals surface area (Å²) < 4.78 is 15.5. The second kappa shape index (κ2) is 7.69. The average molecular weight is 336 g/mol. The predicted molar refractivity (Wildman–Crippen MR) is 84.7 cm³/mol. The molecule has 24 heavy (non-hydrogen) atoms. The Morgan fingerprint density at radius 3 is 2.67 bits per heavy atom. The Morgan fingerprint density at radius 2 is 2.04 bits per heavy atom. The van der Waals surface area contributed by atoms with E-state index in [1.807, 2.05) is 0 Å². The highest BCUT2D eigenvalue weighted by molar-refractivity contribution is 5.94. The predicted octanol–water partition coefficient (Wildman–Crippen LogP) is 0.867. The van der Waals surface area contributed by atoms with Crippen LogP contribution in [0.2, 0.25) is 0 Å². The second-order valence-electron chi connectivity index (χ2n) is 5.04. The molecule has 8 heteroatoms. The Kier molecular flexibility index (Phi) is 5.64. The number of hydrogen-bond acceptors (Lipinski definition) is 6. The highest BCUT2D eigenvalue weighted by Gasteiger charge is 2.32. The number of hydrogen-bond donors (Lipinski definition) is 3. The van der Waals surface area contributed by atoms with Gasteiger partial charge < -0.3 is 30.0 Å². The van der Waals surface area contributed by atoms with Gasteiger partial charge in [-0.3, -0.25) is 0 Å². The lowest BCUT2D eigenvalue weighted by Crippen LogP contribution is -2.45. The molecule has 0 aliphatic carbocycles. The Morgan fingerprint density at radius 1 is 1.29 bits per heavy atom. The largest absolute Gasteiger partial charge is 0.493 e. The number of allylic oxidation sites excluding steroid dienone is 1. The number of urea groups is 1. The molecule has 1 aromatic carbocycles. The molecule has 2 amide bonds. The number of methoxy groups -OCH3 is 2. The fourth-order valence-corrected chi connectivity index (χ4v) is 2.46. The molecule has 0 fully saturated rings. The van der Waals surface area contributed by atoms with Gasteiger partial charge >= 0.3 is 12.0 Å². The van der Waals surface area contributed by atoms with E-state index in [0.717, 1.165) is 0 Å². The first kappa shape index (κ1) is 17.6. The molecule has 1 atom stereocenters. The maximum absolute atomic E-state index is 12.1. The van der Waals surface area contributed by atoms with E-state index in [-0.39, 0.29) is 13.2 Å². The van der Waals surface area contributed by atoms with Crippen LogP contribution in [-0.4, -0.2) is 44.5 Å². The summed E-state index contributed by atoms with van der Waals surface area (Å²) >= 11 is 0. The van der Waals surface area contributed by atoms with Gasteiger partial charge in [-0.15, -0.1) is 0 Å². The van der Waals surface area contributed by atoms with E-state index in [1.54, 1.807) is 25.1 Å². The van der Waals surface area contributed by atoms with Gasteiger partial charge in [-0.05, 0) is 24.6 Å². The smallest absolute Gasteiger partial charge is 0.337 e. The third-order valence-electron chi connectivity index (χ3n) is 3.54. The minimum atomic E-state index is -0.674. The average Bonchev–Trinajstić information content (AvgIpc) is 2.58. The number of nitrogens with one attached hydrogen (secondary N) is 2. The summed E-state index contributed by atoms with van der Waals surface area (Å²) in [5.41, 5.74) is 1.37. The van der Waals surface area contributed by atoms with E-state index in [0.29, 0.717) is 28.3 Å². The summed E-state index contributed by atoms with van der Waals surface area (Å²) in [7, 11) is 2.76. The van der Waals surface area contributed by atoms with Gasteiger partial charge in [0.05, 0.1) is 32.4 Å². The molecule has 0 radical (unpaired) electrons. The van der Waals surface area contributed by atoms with Crippen LogP contribution in [0.25, 0.3) is 0 Å². The van der Waals surface area contributed by atoms with Crippen molar-refractivity contribution in [1.82, 2.24) is 10.6 Å². The van der Waals surface area contributed by atoms with E-state index in [2.05, 4.69) is 10.6 Å². The van der Waals surface area contributed by atoms with E-state index in [9.17, 15) is 9.59 Å². The zero-order chi connectivity index (χ0) is 17.7. The maximum atomic E-state index is 12.1. The van der Waals surface area contributed by atoms with Gasteiger partial charge in [0.1, 0.15) is 6.61 Å². The van der Waals surface area contributed by atoms with Gasteiger partial charge in [-0.2, -0.15) is 0 Å². The Bertz CT molecular complexity index is 671. The van der Waals surface area contributed by atoms with E-state index >= 15 is 0 Å². The van der Waals surface area contributed by atoms with Crippen LogP contribution < -0.4 is 20.1 Å². The van der Waals surface area contributed by atoms with Gasteiger partial charge in [0, 0.05) is 5.70 Å². The molecule has 1 aliphatic heterocycles. The minimum absolute atomic E-state index is 0.121. The molecule has 0 unspecified atom stereocenters.